The molecule has 1 aliphatic heterocycles. The van der Waals surface area contributed by atoms with E-state index in [-0.39, 0.29) is 11.9 Å². The maximum Gasteiger partial charge on any atom is 0.319 e. The molecule has 0 bridgehead atoms. The second-order valence-electron chi connectivity index (χ2n) is 6.52. The Balaban J connectivity index is 1.78. The minimum Gasteiger partial charge on any atom is -0.349 e. The van der Waals surface area contributed by atoms with Gasteiger partial charge in [-0.05, 0) is 56.0 Å². The molecule has 1 aromatic rings. The lowest BCUT2D eigenvalue weighted by atomic mass is 9.98. The molecule has 0 saturated carbocycles. The number of urea groups is 1. The number of amides is 3. The summed E-state index contributed by atoms with van der Waals surface area (Å²) < 4.78 is 0. The van der Waals surface area contributed by atoms with Gasteiger partial charge in [0.1, 0.15) is 0 Å². The van der Waals surface area contributed by atoms with E-state index in [1.54, 1.807) is 19.0 Å². The number of piperidine rings is 1. The molecule has 1 fully saturated rings. The Morgan fingerprint density at radius 3 is 2.71 bits per heavy atom. The molecule has 0 aliphatic carbocycles. The highest BCUT2D eigenvalue weighted by molar-refractivity contribution is 5.89. The lowest BCUT2D eigenvalue weighted by Gasteiger charge is -2.22. The van der Waals surface area contributed by atoms with Gasteiger partial charge in [0.15, 0.2) is 0 Å². The maximum absolute atomic E-state index is 12.0. The van der Waals surface area contributed by atoms with Crippen molar-refractivity contribution in [2.24, 2.45) is 5.92 Å². The summed E-state index contributed by atoms with van der Waals surface area (Å²) in [6, 6.07) is 7.49. The van der Waals surface area contributed by atoms with Crippen molar-refractivity contribution in [2.75, 3.05) is 39.0 Å². The summed E-state index contributed by atoms with van der Waals surface area (Å²) in [6.45, 7) is 2.77. The number of nitrogens with zero attached hydrogens (tertiary/aromatic N) is 1. The van der Waals surface area contributed by atoms with E-state index in [0.717, 1.165) is 37.2 Å². The van der Waals surface area contributed by atoms with Crippen molar-refractivity contribution in [1.82, 2.24) is 15.5 Å². The van der Waals surface area contributed by atoms with Crippen molar-refractivity contribution in [3.63, 3.8) is 0 Å². The van der Waals surface area contributed by atoms with Crippen LogP contribution >= 0.6 is 0 Å². The number of anilines is 1. The van der Waals surface area contributed by atoms with Crippen molar-refractivity contribution in [3.05, 3.63) is 29.8 Å². The minimum absolute atomic E-state index is 0.105. The van der Waals surface area contributed by atoms with E-state index in [9.17, 15) is 9.59 Å². The lowest BCUT2D eigenvalue weighted by molar-refractivity contribution is -0.128. The zero-order valence-electron chi connectivity index (χ0n) is 14.6. The van der Waals surface area contributed by atoms with Gasteiger partial charge in [0.05, 0.1) is 0 Å². The summed E-state index contributed by atoms with van der Waals surface area (Å²) in [5.74, 6) is 0.661. The molecule has 0 spiro atoms. The fourth-order valence-corrected chi connectivity index (χ4v) is 2.78. The SMILES string of the molecule is CN(C)C(=O)CCc1cccc(NC(=O)NCC2CCNCC2)c1. The van der Waals surface area contributed by atoms with Gasteiger partial charge in [0.25, 0.3) is 0 Å². The summed E-state index contributed by atoms with van der Waals surface area (Å²) in [5.41, 5.74) is 1.80. The maximum atomic E-state index is 12.0. The molecule has 1 saturated heterocycles. The predicted molar refractivity (Wildman–Crippen MR) is 96.1 cm³/mol. The van der Waals surface area contributed by atoms with Gasteiger partial charge < -0.3 is 20.9 Å². The Morgan fingerprint density at radius 1 is 1.25 bits per heavy atom. The van der Waals surface area contributed by atoms with Crippen LogP contribution in [0.2, 0.25) is 0 Å². The third-order valence-electron chi connectivity index (χ3n) is 4.32. The first kappa shape index (κ1) is 18.3. The monoisotopic (exact) mass is 332 g/mol. The molecule has 6 heteroatoms. The second-order valence-corrected chi connectivity index (χ2v) is 6.52. The molecule has 0 aromatic heterocycles. The third-order valence-corrected chi connectivity index (χ3v) is 4.32. The topological polar surface area (TPSA) is 73.5 Å². The van der Waals surface area contributed by atoms with Gasteiger partial charge in [-0.15, -0.1) is 0 Å². The first-order valence-corrected chi connectivity index (χ1v) is 8.59. The molecule has 1 heterocycles. The fourth-order valence-electron chi connectivity index (χ4n) is 2.78. The Morgan fingerprint density at radius 2 is 2.00 bits per heavy atom. The molecule has 3 N–H and O–H groups in total. The second kappa shape index (κ2) is 9.27. The van der Waals surface area contributed by atoms with E-state index in [2.05, 4.69) is 16.0 Å². The minimum atomic E-state index is -0.171. The quantitative estimate of drug-likeness (QED) is 0.744. The summed E-state index contributed by atoms with van der Waals surface area (Å²) in [6.07, 6.45) is 3.35. The zero-order valence-corrected chi connectivity index (χ0v) is 14.6. The van der Waals surface area contributed by atoms with E-state index in [1.165, 1.54) is 0 Å². The summed E-state index contributed by atoms with van der Waals surface area (Å²) in [5, 5.41) is 9.14. The molecule has 1 aromatic carbocycles. The summed E-state index contributed by atoms with van der Waals surface area (Å²) in [4.78, 5) is 25.3. The van der Waals surface area contributed by atoms with Crippen LogP contribution in [0.15, 0.2) is 24.3 Å². The zero-order chi connectivity index (χ0) is 17.4. The number of carbonyl (C=O) groups is 2. The number of aryl methyl sites for hydroxylation is 1. The van der Waals surface area contributed by atoms with Gasteiger partial charge in [-0.1, -0.05) is 12.1 Å². The fraction of sp³-hybridized carbons (Fsp3) is 0.556. The van der Waals surface area contributed by atoms with Crippen LogP contribution in [0.4, 0.5) is 10.5 Å². The van der Waals surface area contributed by atoms with Crippen molar-refractivity contribution in [1.29, 1.82) is 0 Å². The van der Waals surface area contributed by atoms with E-state index in [4.69, 9.17) is 0 Å². The third kappa shape index (κ3) is 6.20. The highest BCUT2D eigenvalue weighted by Gasteiger charge is 2.14. The molecular formula is C18H28N4O2. The first-order valence-electron chi connectivity index (χ1n) is 8.59. The van der Waals surface area contributed by atoms with E-state index < -0.39 is 0 Å². The number of nitrogens with one attached hydrogen (secondary N) is 3. The molecule has 2 rings (SSSR count). The molecule has 24 heavy (non-hydrogen) atoms. The van der Waals surface area contributed by atoms with Crippen molar-refractivity contribution >= 4 is 17.6 Å². The highest BCUT2D eigenvalue weighted by atomic mass is 16.2. The molecule has 3 amide bonds. The molecule has 0 atom stereocenters. The van der Waals surface area contributed by atoms with Crippen molar-refractivity contribution in [2.45, 2.75) is 25.7 Å². The molecule has 0 unspecified atom stereocenters. The van der Waals surface area contributed by atoms with Crippen LogP contribution < -0.4 is 16.0 Å². The highest BCUT2D eigenvalue weighted by Crippen LogP contribution is 2.13. The van der Waals surface area contributed by atoms with Gasteiger partial charge in [-0.2, -0.15) is 0 Å². The van der Waals surface area contributed by atoms with Gasteiger partial charge in [-0.25, -0.2) is 4.79 Å². The molecule has 132 valence electrons. The van der Waals surface area contributed by atoms with Crippen LogP contribution in [0, 0.1) is 5.92 Å². The molecule has 0 radical (unpaired) electrons. The van der Waals surface area contributed by atoms with Crippen molar-refractivity contribution < 1.29 is 9.59 Å². The molecule has 6 nitrogen and oxygen atoms in total. The average Bonchev–Trinajstić information content (AvgIpc) is 2.59. The number of rotatable bonds is 6. The lowest BCUT2D eigenvalue weighted by Crippen LogP contribution is -2.37. The Hall–Kier alpha value is -2.08. The molecule has 1 aliphatic rings. The van der Waals surface area contributed by atoms with Crippen LogP contribution in [0.1, 0.15) is 24.8 Å². The average molecular weight is 332 g/mol. The van der Waals surface area contributed by atoms with Crippen LogP contribution in [-0.2, 0) is 11.2 Å². The van der Waals surface area contributed by atoms with Crippen molar-refractivity contribution in [3.8, 4) is 0 Å². The Bertz CT molecular complexity index is 554. The predicted octanol–water partition coefficient (Wildman–Crippen LogP) is 1.83. The number of carbonyl (C=O) groups excluding carboxylic acids is 2. The number of hydrogen-bond acceptors (Lipinski definition) is 3. The van der Waals surface area contributed by atoms with Crippen LogP contribution in [-0.4, -0.2) is 50.6 Å². The smallest absolute Gasteiger partial charge is 0.319 e. The number of hydrogen-bond donors (Lipinski definition) is 3. The van der Waals surface area contributed by atoms with Gasteiger partial charge in [0.2, 0.25) is 5.91 Å². The van der Waals surface area contributed by atoms with Crippen LogP contribution in [0.5, 0.6) is 0 Å². The van der Waals surface area contributed by atoms with E-state index in [0.29, 0.717) is 25.3 Å². The normalized spacial score (nSPS) is 14.9. The van der Waals surface area contributed by atoms with Crippen LogP contribution in [0.3, 0.4) is 0 Å². The Labute approximate surface area is 144 Å². The van der Waals surface area contributed by atoms with Gasteiger partial charge in [0, 0.05) is 32.7 Å². The van der Waals surface area contributed by atoms with E-state index >= 15 is 0 Å². The largest absolute Gasteiger partial charge is 0.349 e. The standard InChI is InChI=1S/C18H28N4O2/c1-22(2)17(23)7-6-14-4-3-5-16(12-14)21-18(24)20-13-15-8-10-19-11-9-15/h3-5,12,15,19H,6-11,13H2,1-2H3,(H2,20,21,24). The summed E-state index contributed by atoms with van der Waals surface area (Å²) >= 11 is 0. The van der Waals surface area contributed by atoms with Gasteiger partial charge >= 0.3 is 6.03 Å². The van der Waals surface area contributed by atoms with Gasteiger partial charge in [-0.3, -0.25) is 4.79 Å². The van der Waals surface area contributed by atoms with Crippen LogP contribution in [0.25, 0.3) is 0 Å². The summed E-state index contributed by atoms with van der Waals surface area (Å²) in [7, 11) is 3.51. The first-order chi connectivity index (χ1) is 11.5. The van der Waals surface area contributed by atoms with E-state index in [1.807, 2.05) is 24.3 Å². The number of benzene rings is 1. The Kier molecular flexibility index (Phi) is 7.06. The molecular weight excluding hydrogens is 304 g/mol.